The Hall–Kier alpha value is -1.30. The van der Waals surface area contributed by atoms with Crippen molar-refractivity contribution < 1.29 is 22.7 Å². The molecule has 1 aromatic heterocycles. The molecular weight excluding hydrogens is 223 g/mol. The van der Waals surface area contributed by atoms with Gasteiger partial charge in [0.05, 0.1) is 16.8 Å². The highest BCUT2D eigenvalue weighted by atomic mass is 35.5. The summed E-state index contributed by atoms with van der Waals surface area (Å²) >= 11 is 5.42. The summed E-state index contributed by atoms with van der Waals surface area (Å²) in [4.78, 5) is 13.7. The number of pyridine rings is 1. The molecule has 0 amide bonds. The summed E-state index contributed by atoms with van der Waals surface area (Å²) in [7, 11) is 0. The summed E-state index contributed by atoms with van der Waals surface area (Å²) in [5.74, 6) is -0.708. The van der Waals surface area contributed by atoms with Crippen LogP contribution in [0.25, 0.3) is 0 Å². The van der Waals surface area contributed by atoms with E-state index < -0.39 is 12.1 Å². The quantitative estimate of drug-likeness (QED) is 0.726. The fourth-order valence-electron chi connectivity index (χ4n) is 0.748. The minimum atomic E-state index is -4.87. The Morgan fingerprint density at radius 1 is 1.43 bits per heavy atom. The molecule has 0 atom stereocenters. The van der Waals surface area contributed by atoms with Gasteiger partial charge >= 0.3 is 6.36 Å². The normalized spacial score (nSPS) is 11.1. The molecule has 3 nitrogen and oxygen atoms in total. The lowest BCUT2D eigenvalue weighted by Crippen LogP contribution is -2.18. The van der Waals surface area contributed by atoms with Crippen LogP contribution in [0, 0.1) is 0 Å². The van der Waals surface area contributed by atoms with Crippen LogP contribution in [-0.2, 0) is 0 Å². The highest BCUT2D eigenvalue weighted by Crippen LogP contribution is 2.28. The maximum absolute atomic E-state index is 11.8. The van der Waals surface area contributed by atoms with Gasteiger partial charge in [0.2, 0.25) is 0 Å². The Labute approximate surface area is 81.5 Å². The number of aromatic nitrogens is 1. The largest absolute Gasteiger partial charge is 0.573 e. The summed E-state index contributed by atoms with van der Waals surface area (Å²) < 4.78 is 38.9. The molecule has 0 fully saturated rings. The van der Waals surface area contributed by atoms with Crippen LogP contribution < -0.4 is 4.74 Å². The fraction of sp³-hybridized carbons (Fsp3) is 0.143. The van der Waals surface area contributed by atoms with Gasteiger partial charge in [0, 0.05) is 6.20 Å². The maximum atomic E-state index is 11.8. The summed E-state index contributed by atoms with van der Waals surface area (Å²) in [5.41, 5.74) is -0.376. The first-order valence-corrected chi connectivity index (χ1v) is 3.66. The van der Waals surface area contributed by atoms with E-state index in [2.05, 4.69) is 9.72 Å². The van der Waals surface area contributed by atoms with Crippen molar-refractivity contribution in [2.75, 3.05) is 0 Å². The number of rotatable bonds is 2. The van der Waals surface area contributed by atoms with Gasteiger partial charge < -0.3 is 4.74 Å². The van der Waals surface area contributed by atoms with Crippen molar-refractivity contribution in [2.24, 2.45) is 0 Å². The van der Waals surface area contributed by atoms with Crippen LogP contribution in [-0.4, -0.2) is 17.6 Å². The van der Waals surface area contributed by atoms with E-state index in [1.807, 2.05) is 0 Å². The van der Waals surface area contributed by atoms with Crippen molar-refractivity contribution in [3.63, 3.8) is 0 Å². The molecule has 0 saturated heterocycles. The molecule has 14 heavy (non-hydrogen) atoms. The predicted molar refractivity (Wildman–Crippen MR) is 41.3 cm³/mol. The Morgan fingerprint density at radius 3 is 2.57 bits per heavy atom. The van der Waals surface area contributed by atoms with E-state index in [9.17, 15) is 18.0 Å². The van der Waals surface area contributed by atoms with Gasteiger partial charge in [-0.3, -0.25) is 9.78 Å². The highest BCUT2D eigenvalue weighted by Gasteiger charge is 2.32. The third-order valence-corrected chi connectivity index (χ3v) is 1.55. The highest BCUT2D eigenvalue weighted by molar-refractivity contribution is 6.33. The van der Waals surface area contributed by atoms with Crippen molar-refractivity contribution in [1.82, 2.24) is 4.98 Å². The second-order valence-electron chi connectivity index (χ2n) is 2.20. The molecule has 76 valence electrons. The Balaban J connectivity index is 3.08. The molecule has 1 rings (SSSR count). The predicted octanol–water partition coefficient (Wildman–Crippen LogP) is 2.45. The number of hydrogen-bond donors (Lipinski definition) is 0. The fourth-order valence-corrected chi connectivity index (χ4v) is 0.942. The van der Waals surface area contributed by atoms with Gasteiger partial charge in [-0.25, -0.2) is 0 Å². The Kier molecular flexibility index (Phi) is 2.95. The third-order valence-electron chi connectivity index (χ3n) is 1.25. The Bertz CT molecular complexity index is 353. The van der Waals surface area contributed by atoms with E-state index in [0.717, 1.165) is 12.4 Å². The first-order chi connectivity index (χ1) is 6.44. The molecule has 1 heterocycles. The van der Waals surface area contributed by atoms with Gasteiger partial charge in [0.15, 0.2) is 12.0 Å². The molecular formula is C7H3ClF3NO2. The average Bonchev–Trinajstić information content (AvgIpc) is 2.01. The minimum Gasteiger partial charge on any atom is -0.403 e. The molecule has 0 N–H and O–H groups in total. The zero-order valence-corrected chi connectivity index (χ0v) is 7.26. The van der Waals surface area contributed by atoms with Gasteiger partial charge in [0.25, 0.3) is 0 Å². The number of hydrogen-bond acceptors (Lipinski definition) is 3. The van der Waals surface area contributed by atoms with Crippen molar-refractivity contribution in [1.29, 1.82) is 0 Å². The molecule has 0 bridgehead atoms. The van der Waals surface area contributed by atoms with Gasteiger partial charge in [-0.2, -0.15) is 0 Å². The molecule has 0 aromatic carbocycles. The maximum Gasteiger partial charge on any atom is 0.573 e. The molecule has 0 radical (unpaired) electrons. The van der Waals surface area contributed by atoms with E-state index in [-0.39, 0.29) is 16.9 Å². The minimum absolute atomic E-state index is 0.172. The van der Waals surface area contributed by atoms with E-state index in [4.69, 9.17) is 11.6 Å². The number of carbonyl (C=O) groups is 1. The van der Waals surface area contributed by atoms with E-state index in [1.165, 1.54) is 0 Å². The summed E-state index contributed by atoms with van der Waals surface area (Å²) in [6.07, 6.45) is -2.88. The molecule has 0 unspecified atom stereocenters. The first-order valence-electron chi connectivity index (χ1n) is 3.28. The van der Waals surface area contributed by atoms with Crippen molar-refractivity contribution >= 4 is 17.9 Å². The molecule has 0 aliphatic carbocycles. The number of carbonyl (C=O) groups excluding carboxylic acids is 1. The van der Waals surface area contributed by atoms with Crippen molar-refractivity contribution in [2.45, 2.75) is 6.36 Å². The number of nitrogens with zero attached hydrogens (tertiary/aromatic N) is 1. The SMILES string of the molecule is O=Cc1c(Cl)cncc1OC(F)(F)F. The van der Waals surface area contributed by atoms with Gasteiger partial charge in [-0.1, -0.05) is 11.6 Å². The lowest BCUT2D eigenvalue weighted by atomic mass is 10.3. The van der Waals surface area contributed by atoms with Crippen molar-refractivity contribution in [3.05, 3.63) is 23.0 Å². The smallest absolute Gasteiger partial charge is 0.403 e. The molecule has 7 heteroatoms. The van der Waals surface area contributed by atoms with Gasteiger partial charge in [-0.05, 0) is 0 Å². The molecule has 0 aliphatic rings. The number of halogens is 4. The number of aldehydes is 1. The summed E-state index contributed by atoms with van der Waals surface area (Å²) in [6.45, 7) is 0. The van der Waals surface area contributed by atoms with E-state index in [1.54, 1.807) is 0 Å². The van der Waals surface area contributed by atoms with E-state index >= 15 is 0 Å². The number of alkyl halides is 3. The molecule has 0 spiro atoms. The monoisotopic (exact) mass is 225 g/mol. The van der Waals surface area contributed by atoms with Crippen LogP contribution in [0.5, 0.6) is 5.75 Å². The summed E-state index contributed by atoms with van der Waals surface area (Å²) in [5, 5.41) is -0.193. The number of ether oxygens (including phenoxy) is 1. The zero-order chi connectivity index (χ0) is 10.8. The van der Waals surface area contributed by atoms with Crippen LogP contribution in [0.2, 0.25) is 5.02 Å². The van der Waals surface area contributed by atoms with Crippen LogP contribution in [0.4, 0.5) is 13.2 Å². The lowest BCUT2D eigenvalue weighted by Gasteiger charge is -2.10. The standard InChI is InChI=1S/C7H3ClF3NO2/c8-5-1-12-2-6(4(5)3-13)14-7(9,10)11/h1-3H. The van der Waals surface area contributed by atoms with Crippen molar-refractivity contribution in [3.8, 4) is 5.75 Å². The second-order valence-corrected chi connectivity index (χ2v) is 2.61. The molecule has 0 saturated carbocycles. The zero-order valence-electron chi connectivity index (χ0n) is 6.51. The Morgan fingerprint density at radius 2 is 2.07 bits per heavy atom. The topological polar surface area (TPSA) is 39.2 Å². The molecule has 0 aliphatic heterocycles. The van der Waals surface area contributed by atoms with Gasteiger partial charge in [0.1, 0.15) is 0 Å². The molecule has 1 aromatic rings. The third kappa shape index (κ3) is 2.59. The van der Waals surface area contributed by atoms with Crippen LogP contribution in [0.3, 0.4) is 0 Å². The van der Waals surface area contributed by atoms with Gasteiger partial charge in [-0.15, -0.1) is 13.2 Å². The van der Waals surface area contributed by atoms with E-state index in [0.29, 0.717) is 0 Å². The van der Waals surface area contributed by atoms with Crippen LogP contribution in [0.1, 0.15) is 10.4 Å². The van der Waals surface area contributed by atoms with Crippen LogP contribution in [0.15, 0.2) is 12.4 Å². The van der Waals surface area contributed by atoms with Crippen LogP contribution >= 0.6 is 11.6 Å². The summed E-state index contributed by atoms with van der Waals surface area (Å²) in [6, 6.07) is 0. The first kappa shape index (κ1) is 10.8. The second kappa shape index (κ2) is 3.83. The average molecular weight is 226 g/mol. The lowest BCUT2D eigenvalue weighted by molar-refractivity contribution is -0.274.